The fourth-order valence-corrected chi connectivity index (χ4v) is 2.34. The predicted molar refractivity (Wildman–Crippen MR) is 74.5 cm³/mol. The van der Waals surface area contributed by atoms with Crippen molar-refractivity contribution in [3.8, 4) is 5.75 Å². The molecule has 1 atom stereocenters. The zero-order valence-corrected chi connectivity index (χ0v) is 11.4. The maximum atomic E-state index is 13.1. The molecular formula is C14H15FN4O2. The number of rotatable bonds is 3. The van der Waals surface area contributed by atoms with E-state index >= 15 is 0 Å². The van der Waals surface area contributed by atoms with Crippen molar-refractivity contribution in [3.05, 3.63) is 41.7 Å². The molecule has 3 rings (SSSR count). The molecule has 1 aliphatic heterocycles. The number of carbonyl (C=O) groups is 1. The predicted octanol–water partition coefficient (Wildman–Crippen LogP) is 1.21. The average Bonchev–Trinajstić information content (AvgIpc) is 2.96. The largest absolute Gasteiger partial charge is 0.494 e. The average molecular weight is 290 g/mol. The van der Waals surface area contributed by atoms with E-state index in [-0.39, 0.29) is 11.9 Å². The van der Waals surface area contributed by atoms with Crippen LogP contribution in [0.4, 0.5) is 10.1 Å². The molecule has 1 amide bonds. The van der Waals surface area contributed by atoms with Crippen molar-refractivity contribution in [2.75, 3.05) is 12.4 Å². The molecule has 2 aromatic rings. The number of anilines is 1. The lowest BCUT2D eigenvalue weighted by Crippen LogP contribution is -2.44. The number of hydrogen-bond acceptors (Lipinski definition) is 4. The van der Waals surface area contributed by atoms with E-state index in [4.69, 9.17) is 4.74 Å². The second-order valence-electron chi connectivity index (χ2n) is 4.80. The van der Waals surface area contributed by atoms with Crippen LogP contribution in [0.15, 0.2) is 24.5 Å². The van der Waals surface area contributed by atoms with Crippen molar-refractivity contribution >= 4 is 11.6 Å². The summed E-state index contributed by atoms with van der Waals surface area (Å²) in [6.45, 7) is 0.563. The summed E-state index contributed by atoms with van der Waals surface area (Å²) in [5, 5.41) is 5.88. The molecule has 0 saturated heterocycles. The Morgan fingerprint density at radius 1 is 1.52 bits per heavy atom. The van der Waals surface area contributed by atoms with Gasteiger partial charge in [0.15, 0.2) is 0 Å². The summed E-state index contributed by atoms with van der Waals surface area (Å²) in [6.07, 6.45) is 2.13. The molecule has 0 aliphatic carbocycles. The minimum atomic E-state index is -0.415. The van der Waals surface area contributed by atoms with Crippen LogP contribution in [0, 0.1) is 5.82 Å². The summed E-state index contributed by atoms with van der Waals surface area (Å²) in [5.74, 6) is -0.324. The molecule has 1 unspecified atom stereocenters. The summed E-state index contributed by atoms with van der Waals surface area (Å²) in [5.41, 5.74) is 2.33. The molecule has 2 heterocycles. The second kappa shape index (κ2) is 5.53. The van der Waals surface area contributed by atoms with Gasteiger partial charge in [-0.3, -0.25) is 10.1 Å². The highest BCUT2D eigenvalue weighted by atomic mass is 19.1. The van der Waals surface area contributed by atoms with Crippen molar-refractivity contribution < 1.29 is 13.9 Å². The number of benzene rings is 1. The molecule has 0 bridgehead atoms. The number of amides is 1. The number of ether oxygens (including phenoxy) is 1. The molecule has 21 heavy (non-hydrogen) atoms. The van der Waals surface area contributed by atoms with E-state index in [9.17, 15) is 9.18 Å². The number of methoxy groups -OCH3 is 1. The van der Waals surface area contributed by atoms with Crippen LogP contribution in [-0.2, 0) is 17.8 Å². The van der Waals surface area contributed by atoms with Crippen LogP contribution in [0.1, 0.15) is 11.4 Å². The van der Waals surface area contributed by atoms with Gasteiger partial charge in [0.05, 0.1) is 36.6 Å². The van der Waals surface area contributed by atoms with E-state index in [0.717, 1.165) is 11.4 Å². The van der Waals surface area contributed by atoms with Gasteiger partial charge < -0.3 is 15.0 Å². The van der Waals surface area contributed by atoms with E-state index in [1.54, 1.807) is 6.33 Å². The Kier molecular flexibility index (Phi) is 3.57. The Morgan fingerprint density at radius 3 is 3.19 bits per heavy atom. The molecule has 7 heteroatoms. The molecule has 1 aliphatic rings. The first-order valence-electron chi connectivity index (χ1n) is 6.56. The minimum Gasteiger partial charge on any atom is -0.494 e. The lowest BCUT2D eigenvalue weighted by molar-refractivity contribution is -0.118. The number of aromatic amines is 1. The molecular weight excluding hydrogens is 275 g/mol. The van der Waals surface area contributed by atoms with Gasteiger partial charge in [0.2, 0.25) is 5.91 Å². The lowest BCUT2D eigenvalue weighted by atomic mass is 10.0. The second-order valence-corrected chi connectivity index (χ2v) is 4.80. The third-order valence-electron chi connectivity index (χ3n) is 3.47. The highest BCUT2D eigenvalue weighted by Crippen LogP contribution is 2.25. The number of hydrogen-bond donors (Lipinski definition) is 3. The molecule has 0 radical (unpaired) electrons. The molecule has 0 spiro atoms. The normalized spacial score (nSPS) is 17.1. The third kappa shape index (κ3) is 2.73. The maximum Gasteiger partial charge on any atom is 0.242 e. The highest BCUT2D eigenvalue weighted by Gasteiger charge is 2.26. The molecule has 3 N–H and O–H groups in total. The van der Waals surface area contributed by atoms with Crippen LogP contribution in [0.5, 0.6) is 5.75 Å². The minimum absolute atomic E-state index is 0.200. The van der Waals surface area contributed by atoms with Gasteiger partial charge >= 0.3 is 0 Å². The van der Waals surface area contributed by atoms with Gasteiger partial charge in [-0.1, -0.05) is 0 Å². The number of halogens is 1. The molecule has 0 fully saturated rings. The topological polar surface area (TPSA) is 79.0 Å². The Labute approximate surface area is 120 Å². The standard InChI is InChI=1S/C14H15FN4O2/c1-21-13-4-8(15)2-3-9(13)19-14(20)11-5-10-12(6-16-11)18-7-17-10/h2-4,7,11,16H,5-6H2,1H3,(H,17,18)(H,19,20). The van der Waals surface area contributed by atoms with Crippen LogP contribution in [-0.4, -0.2) is 29.0 Å². The van der Waals surface area contributed by atoms with Gasteiger partial charge in [0.25, 0.3) is 0 Å². The van der Waals surface area contributed by atoms with Gasteiger partial charge in [0, 0.05) is 19.0 Å². The summed E-state index contributed by atoms with van der Waals surface area (Å²) in [6, 6.07) is 3.61. The Morgan fingerprint density at radius 2 is 2.38 bits per heavy atom. The monoisotopic (exact) mass is 290 g/mol. The van der Waals surface area contributed by atoms with Crippen molar-refractivity contribution in [3.63, 3.8) is 0 Å². The molecule has 0 saturated carbocycles. The Bertz CT molecular complexity index is 671. The van der Waals surface area contributed by atoms with Crippen molar-refractivity contribution in [2.45, 2.75) is 19.0 Å². The zero-order valence-electron chi connectivity index (χ0n) is 11.4. The number of fused-ring (bicyclic) bond motifs is 1. The molecule has 6 nitrogen and oxygen atoms in total. The van der Waals surface area contributed by atoms with Crippen LogP contribution < -0.4 is 15.4 Å². The SMILES string of the molecule is COc1cc(F)ccc1NC(=O)C1Cc2nc[nH]c2CN1. The van der Waals surface area contributed by atoms with E-state index in [1.807, 2.05) is 0 Å². The maximum absolute atomic E-state index is 13.1. The summed E-state index contributed by atoms with van der Waals surface area (Å²) in [4.78, 5) is 19.5. The zero-order chi connectivity index (χ0) is 14.8. The van der Waals surface area contributed by atoms with E-state index < -0.39 is 5.82 Å². The first-order chi connectivity index (χ1) is 10.2. The number of imidazole rings is 1. The summed E-state index contributed by atoms with van der Waals surface area (Å²) in [7, 11) is 1.43. The number of nitrogens with zero attached hydrogens (tertiary/aromatic N) is 1. The van der Waals surface area contributed by atoms with Gasteiger partial charge in [0.1, 0.15) is 11.6 Å². The van der Waals surface area contributed by atoms with E-state index in [0.29, 0.717) is 24.4 Å². The van der Waals surface area contributed by atoms with Crippen LogP contribution in [0.2, 0.25) is 0 Å². The number of H-pyrrole nitrogens is 1. The van der Waals surface area contributed by atoms with Crippen molar-refractivity contribution in [1.29, 1.82) is 0 Å². The Balaban J connectivity index is 1.73. The number of carbonyl (C=O) groups excluding carboxylic acids is 1. The van der Waals surface area contributed by atoms with E-state index in [2.05, 4.69) is 20.6 Å². The summed E-state index contributed by atoms with van der Waals surface area (Å²) < 4.78 is 18.2. The number of aromatic nitrogens is 2. The fraction of sp³-hybridized carbons (Fsp3) is 0.286. The first kappa shape index (κ1) is 13.6. The molecule has 1 aromatic carbocycles. The lowest BCUT2D eigenvalue weighted by Gasteiger charge is -2.22. The highest BCUT2D eigenvalue weighted by molar-refractivity contribution is 5.96. The molecule has 110 valence electrons. The smallest absolute Gasteiger partial charge is 0.242 e. The van der Waals surface area contributed by atoms with Gasteiger partial charge in [-0.15, -0.1) is 0 Å². The van der Waals surface area contributed by atoms with Crippen LogP contribution in [0.25, 0.3) is 0 Å². The Hall–Kier alpha value is -2.41. The quantitative estimate of drug-likeness (QED) is 0.794. The van der Waals surface area contributed by atoms with Gasteiger partial charge in [-0.25, -0.2) is 9.37 Å². The van der Waals surface area contributed by atoms with E-state index in [1.165, 1.54) is 25.3 Å². The molecule has 1 aromatic heterocycles. The van der Waals surface area contributed by atoms with Crippen LogP contribution in [0.3, 0.4) is 0 Å². The van der Waals surface area contributed by atoms with Gasteiger partial charge in [-0.2, -0.15) is 0 Å². The third-order valence-corrected chi connectivity index (χ3v) is 3.47. The summed E-state index contributed by atoms with van der Waals surface area (Å²) >= 11 is 0. The van der Waals surface area contributed by atoms with Crippen molar-refractivity contribution in [1.82, 2.24) is 15.3 Å². The first-order valence-corrected chi connectivity index (χ1v) is 6.56. The fourth-order valence-electron chi connectivity index (χ4n) is 2.34. The number of nitrogens with one attached hydrogen (secondary N) is 3. The van der Waals surface area contributed by atoms with Crippen molar-refractivity contribution in [2.24, 2.45) is 0 Å². The van der Waals surface area contributed by atoms with Crippen LogP contribution >= 0.6 is 0 Å². The van der Waals surface area contributed by atoms with Gasteiger partial charge in [-0.05, 0) is 12.1 Å².